The molecule has 3 aromatic rings. The minimum Gasteiger partial charge on any atom is -0.337 e. The minimum absolute atomic E-state index is 0.00575. The molecule has 1 amide bonds. The number of amides is 1. The van der Waals surface area contributed by atoms with Crippen molar-refractivity contribution in [2.45, 2.75) is 13.0 Å². The maximum Gasteiger partial charge on any atom is 0.244 e. The quantitative estimate of drug-likeness (QED) is 0.589. The van der Waals surface area contributed by atoms with Crippen molar-refractivity contribution in [3.05, 3.63) is 64.5 Å². The van der Waals surface area contributed by atoms with Crippen LogP contribution in [0.25, 0.3) is 11.4 Å². The van der Waals surface area contributed by atoms with Gasteiger partial charge in [-0.05, 0) is 19.1 Å². The van der Waals surface area contributed by atoms with Crippen LogP contribution in [0.2, 0.25) is 10.0 Å². The van der Waals surface area contributed by atoms with E-state index in [4.69, 9.17) is 27.7 Å². The molecule has 1 aliphatic heterocycles. The van der Waals surface area contributed by atoms with Crippen LogP contribution >= 0.6 is 23.2 Å². The molecular weight excluding hydrogens is 437 g/mol. The highest BCUT2D eigenvalue weighted by Crippen LogP contribution is 2.29. The Hall–Kier alpha value is -2.45. The lowest BCUT2D eigenvalue weighted by Crippen LogP contribution is -2.49. The normalized spacial score (nSPS) is 16.2. The zero-order valence-corrected chi connectivity index (χ0v) is 18.6. The lowest BCUT2D eigenvalue weighted by Gasteiger charge is -2.36. The van der Waals surface area contributed by atoms with Gasteiger partial charge in [-0.3, -0.25) is 14.6 Å². The van der Waals surface area contributed by atoms with Gasteiger partial charge in [-0.1, -0.05) is 64.8 Å². The van der Waals surface area contributed by atoms with Crippen molar-refractivity contribution in [3.63, 3.8) is 0 Å². The van der Waals surface area contributed by atoms with Crippen LogP contribution in [0.4, 0.5) is 5.69 Å². The molecule has 2 aromatic carbocycles. The summed E-state index contributed by atoms with van der Waals surface area (Å²) in [7, 11) is 0. The Bertz CT molecular complexity index is 1040. The summed E-state index contributed by atoms with van der Waals surface area (Å²) in [6.07, 6.45) is 0. The van der Waals surface area contributed by atoms with E-state index >= 15 is 0 Å². The van der Waals surface area contributed by atoms with E-state index in [1.165, 1.54) is 0 Å². The predicted molar refractivity (Wildman–Crippen MR) is 121 cm³/mol. The van der Waals surface area contributed by atoms with Gasteiger partial charge in [0.05, 0.1) is 28.3 Å². The first-order valence-electron chi connectivity index (χ1n) is 10.1. The van der Waals surface area contributed by atoms with E-state index in [1.807, 2.05) is 30.3 Å². The molecule has 0 aliphatic carbocycles. The molecule has 1 atom stereocenters. The maximum atomic E-state index is 12.4. The summed E-state index contributed by atoms with van der Waals surface area (Å²) < 4.78 is 5.51. The van der Waals surface area contributed by atoms with Gasteiger partial charge < -0.3 is 9.84 Å². The van der Waals surface area contributed by atoms with Crippen molar-refractivity contribution < 1.29 is 9.32 Å². The van der Waals surface area contributed by atoms with Gasteiger partial charge in [-0.25, -0.2) is 0 Å². The van der Waals surface area contributed by atoms with E-state index in [0.29, 0.717) is 34.0 Å². The third kappa shape index (κ3) is 5.25. The number of nitrogens with one attached hydrogen (secondary N) is 1. The zero-order valence-electron chi connectivity index (χ0n) is 17.1. The molecule has 31 heavy (non-hydrogen) atoms. The molecule has 0 radical (unpaired) electrons. The van der Waals surface area contributed by atoms with Crippen LogP contribution in [0.15, 0.2) is 53.1 Å². The molecule has 1 aromatic heterocycles. The van der Waals surface area contributed by atoms with Crippen LogP contribution in [0.5, 0.6) is 0 Å². The molecule has 1 unspecified atom stereocenters. The Morgan fingerprint density at radius 2 is 1.84 bits per heavy atom. The Labute approximate surface area is 190 Å². The third-order valence-electron chi connectivity index (χ3n) is 5.38. The average Bonchev–Trinajstić information content (AvgIpc) is 3.28. The molecule has 7 nitrogen and oxygen atoms in total. The van der Waals surface area contributed by atoms with E-state index in [0.717, 1.165) is 31.7 Å². The monoisotopic (exact) mass is 459 g/mol. The largest absolute Gasteiger partial charge is 0.337 e. The van der Waals surface area contributed by atoms with Gasteiger partial charge in [-0.15, -0.1) is 0 Å². The van der Waals surface area contributed by atoms with Crippen LogP contribution in [0, 0.1) is 0 Å². The molecule has 2 heterocycles. The molecular formula is C22H23Cl2N5O2. The van der Waals surface area contributed by atoms with Crippen LogP contribution < -0.4 is 5.32 Å². The summed E-state index contributed by atoms with van der Waals surface area (Å²) in [5.74, 6) is 1.08. The number of benzene rings is 2. The Balaban J connectivity index is 1.29. The van der Waals surface area contributed by atoms with E-state index < -0.39 is 0 Å². The fraction of sp³-hybridized carbons (Fsp3) is 0.318. The summed E-state index contributed by atoms with van der Waals surface area (Å²) >= 11 is 12.2. The topological polar surface area (TPSA) is 74.5 Å². The molecule has 0 saturated carbocycles. The molecule has 1 saturated heterocycles. The number of hydrogen-bond donors (Lipinski definition) is 1. The standard InChI is InChI=1S/C22H23Cl2N5O2/c1-15(22-26-21(27-31-22)16-6-3-2-4-7-16)29-12-10-28(11-13-29)14-19(30)25-18-9-5-8-17(23)20(18)24/h2-9,15H,10-14H2,1H3,(H,25,30). The lowest BCUT2D eigenvalue weighted by atomic mass is 10.2. The number of anilines is 1. The van der Waals surface area contributed by atoms with Gasteiger partial charge in [0, 0.05) is 31.7 Å². The SMILES string of the molecule is CC(c1nc(-c2ccccc2)no1)N1CCN(CC(=O)Nc2cccc(Cl)c2Cl)CC1. The molecule has 0 spiro atoms. The second-order valence-corrected chi connectivity index (χ2v) is 8.25. The number of carbonyl (C=O) groups is 1. The van der Waals surface area contributed by atoms with Crippen LogP contribution in [0.1, 0.15) is 18.9 Å². The van der Waals surface area contributed by atoms with Crippen molar-refractivity contribution in [1.29, 1.82) is 0 Å². The molecule has 1 N–H and O–H groups in total. The molecule has 1 fully saturated rings. The predicted octanol–water partition coefficient (Wildman–Crippen LogP) is 4.36. The van der Waals surface area contributed by atoms with Crippen molar-refractivity contribution in [3.8, 4) is 11.4 Å². The average molecular weight is 460 g/mol. The Morgan fingerprint density at radius 1 is 1.10 bits per heavy atom. The van der Waals surface area contributed by atoms with Crippen LogP contribution in [0.3, 0.4) is 0 Å². The first kappa shape index (κ1) is 21.8. The second kappa shape index (κ2) is 9.78. The Kier molecular flexibility index (Phi) is 6.87. The van der Waals surface area contributed by atoms with Crippen LogP contribution in [-0.2, 0) is 4.79 Å². The van der Waals surface area contributed by atoms with Gasteiger partial charge in [0.2, 0.25) is 17.6 Å². The number of halogens is 2. The summed E-state index contributed by atoms with van der Waals surface area (Å²) in [5, 5.41) is 7.71. The summed E-state index contributed by atoms with van der Waals surface area (Å²) in [6, 6.07) is 15.0. The molecule has 9 heteroatoms. The Morgan fingerprint density at radius 3 is 2.58 bits per heavy atom. The molecule has 1 aliphatic rings. The number of piperazine rings is 1. The summed E-state index contributed by atoms with van der Waals surface area (Å²) in [4.78, 5) is 21.4. The first-order chi connectivity index (χ1) is 15.0. The molecule has 4 rings (SSSR count). The van der Waals surface area contributed by atoms with E-state index in [9.17, 15) is 4.79 Å². The summed E-state index contributed by atoms with van der Waals surface area (Å²) in [5.41, 5.74) is 1.46. The minimum atomic E-state index is -0.116. The highest BCUT2D eigenvalue weighted by Gasteiger charge is 2.26. The van der Waals surface area contributed by atoms with E-state index in [-0.39, 0.29) is 11.9 Å². The first-order valence-corrected chi connectivity index (χ1v) is 10.9. The summed E-state index contributed by atoms with van der Waals surface area (Å²) in [6.45, 7) is 5.49. The smallest absolute Gasteiger partial charge is 0.244 e. The highest BCUT2D eigenvalue weighted by molar-refractivity contribution is 6.44. The number of nitrogens with zero attached hydrogens (tertiary/aromatic N) is 4. The van der Waals surface area contributed by atoms with Crippen molar-refractivity contribution in [1.82, 2.24) is 19.9 Å². The molecule has 0 bridgehead atoms. The number of aromatic nitrogens is 2. The van der Waals surface area contributed by atoms with Crippen LogP contribution in [-0.4, -0.2) is 58.6 Å². The lowest BCUT2D eigenvalue weighted by molar-refractivity contribution is -0.117. The second-order valence-electron chi connectivity index (χ2n) is 7.46. The number of rotatable bonds is 6. The van der Waals surface area contributed by atoms with Gasteiger partial charge in [-0.2, -0.15) is 4.98 Å². The fourth-order valence-corrected chi connectivity index (χ4v) is 3.92. The van der Waals surface area contributed by atoms with E-state index in [2.05, 4.69) is 32.2 Å². The van der Waals surface area contributed by atoms with Gasteiger partial charge in [0.15, 0.2) is 0 Å². The fourth-order valence-electron chi connectivity index (χ4n) is 3.57. The van der Waals surface area contributed by atoms with Gasteiger partial charge in [0.1, 0.15) is 0 Å². The maximum absolute atomic E-state index is 12.4. The van der Waals surface area contributed by atoms with Crippen molar-refractivity contribution >= 4 is 34.8 Å². The third-order valence-corrected chi connectivity index (χ3v) is 6.20. The van der Waals surface area contributed by atoms with E-state index in [1.54, 1.807) is 18.2 Å². The van der Waals surface area contributed by atoms with Crippen molar-refractivity contribution in [2.75, 3.05) is 38.0 Å². The zero-order chi connectivity index (χ0) is 21.8. The van der Waals surface area contributed by atoms with Gasteiger partial charge in [0.25, 0.3) is 0 Å². The number of hydrogen-bond acceptors (Lipinski definition) is 6. The number of carbonyl (C=O) groups excluding carboxylic acids is 1. The van der Waals surface area contributed by atoms with Crippen molar-refractivity contribution in [2.24, 2.45) is 0 Å². The molecule has 162 valence electrons. The van der Waals surface area contributed by atoms with Gasteiger partial charge >= 0.3 is 0 Å². The highest BCUT2D eigenvalue weighted by atomic mass is 35.5.